The predicted octanol–water partition coefficient (Wildman–Crippen LogP) is 5.28. The summed E-state index contributed by atoms with van der Waals surface area (Å²) in [6.45, 7) is 2.04. The molecule has 1 atom stereocenters. The van der Waals surface area contributed by atoms with Crippen molar-refractivity contribution in [1.82, 2.24) is 4.98 Å². The number of imide groups is 1. The number of carbonyl (C=O) groups excluding carboxylic acids is 3. The molecule has 4 aromatic rings. The summed E-state index contributed by atoms with van der Waals surface area (Å²) in [5, 5.41) is 11.5. The normalized spacial score (nSPS) is 15.5. The number of nitrogens with zero attached hydrogens (tertiary/aromatic N) is 2. The lowest BCUT2D eigenvalue weighted by atomic mass is 10.2. The topological polar surface area (TPSA) is 117 Å². The first-order valence-corrected chi connectivity index (χ1v) is 13.3. The van der Waals surface area contributed by atoms with Crippen molar-refractivity contribution < 1.29 is 24.3 Å². The molecule has 0 aliphatic carbocycles. The van der Waals surface area contributed by atoms with Crippen LogP contribution in [0.3, 0.4) is 0 Å². The van der Waals surface area contributed by atoms with Crippen LogP contribution in [0.25, 0.3) is 20.8 Å². The van der Waals surface area contributed by atoms with Crippen LogP contribution in [0.15, 0.2) is 83.8 Å². The Morgan fingerprint density at radius 2 is 1.87 bits per heavy atom. The van der Waals surface area contributed by atoms with E-state index in [0.29, 0.717) is 16.3 Å². The van der Waals surface area contributed by atoms with E-state index < -0.39 is 17.1 Å². The number of benzene rings is 3. The van der Waals surface area contributed by atoms with Gasteiger partial charge in [-0.05, 0) is 67.1 Å². The van der Waals surface area contributed by atoms with E-state index in [1.807, 2.05) is 31.2 Å². The van der Waals surface area contributed by atoms with Crippen molar-refractivity contribution in [2.45, 2.75) is 23.5 Å². The second-order valence-electron chi connectivity index (χ2n) is 8.60. The standard InChI is InChI=1S/C28H21N3O5S2/c1-16-5-10-21-22(13-16)38-27(30-21)17-6-8-19(9-7-17)31-25(33)15-23(28(31)36)37-20-4-2-3-18(14-20)29-24(32)11-12-26(34)35/h2-14,23H,15H2,1H3,(H,29,32)(H,34,35)/b12-11+/t23-/m1/s1. The van der Waals surface area contributed by atoms with Crippen LogP contribution in [0.5, 0.6) is 0 Å². The summed E-state index contributed by atoms with van der Waals surface area (Å²) in [7, 11) is 0. The quantitative estimate of drug-likeness (QED) is 0.241. The van der Waals surface area contributed by atoms with Crippen molar-refractivity contribution in [2.24, 2.45) is 0 Å². The Bertz CT molecular complexity index is 1610. The fourth-order valence-corrected chi connectivity index (χ4v) is 6.20. The molecule has 8 nitrogen and oxygen atoms in total. The van der Waals surface area contributed by atoms with Crippen molar-refractivity contribution in [2.75, 3.05) is 10.2 Å². The first-order valence-electron chi connectivity index (χ1n) is 11.6. The van der Waals surface area contributed by atoms with Crippen LogP contribution < -0.4 is 10.2 Å². The van der Waals surface area contributed by atoms with Crippen molar-refractivity contribution in [3.8, 4) is 10.6 Å². The number of hydrogen-bond acceptors (Lipinski definition) is 7. The van der Waals surface area contributed by atoms with Crippen LogP contribution in [0.4, 0.5) is 11.4 Å². The lowest BCUT2D eigenvalue weighted by Gasteiger charge is -2.15. The molecule has 1 aliphatic heterocycles. The Kier molecular flexibility index (Phi) is 7.08. The SMILES string of the molecule is Cc1ccc2nc(-c3ccc(N4C(=O)C[C@@H](Sc5cccc(NC(=O)/C=C/C(=O)O)c5)C4=O)cc3)sc2c1. The Morgan fingerprint density at radius 3 is 2.63 bits per heavy atom. The Hall–Kier alpha value is -4.28. The molecule has 1 aliphatic rings. The minimum Gasteiger partial charge on any atom is -0.478 e. The summed E-state index contributed by atoms with van der Waals surface area (Å²) < 4.78 is 1.11. The number of carboxylic acid groups (broad SMARTS) is 1. The summed E-state index contributed by atoms with van der Waals surface area (Å²) in [6.07, 6.45) is 1.72. The van der Waals surface area contributed by atoms with Gasteiger partial charge in [-0.3, -0.25) is 14.4 Å². The van der Waals surface area contributed by atoms with Crippen molar-refractivity contribution in [3.05, 3.63) is 84.4 Å². The number of carboxylic acids is 1. The highest BCUT2D eigenvalue weighted by Crippen LogP contribution is 2.36. The monoisotopic (exact) mass is 543 g/mol. The summed E-state index contributed by atoms with van der Waals surface area (Å²) in [6, 6.07) is 20.2. The highest BCUT2D eigenvalue weighted by atomic mass is 32.2. The fraction of sp³-hybridized carbons (Fsp3) is 0.107. The Labute approximate surface area is 226 Å². The minimum atomic E-state index is -1.22. The molecular formula is C28H21N3O5S2. The predicted molar refractivity (Wildman–Crippen MR) is 148 cm³/mol. The zero-order valence-corrected chi connectivity index (χ0v) is 21.7. The third-order valence-corrected chi connectivity index (χ3v) is 8.02. The molecule has 0 bridgehead atoms. The number of thioether (sulfide) groups is 1. The van der Waals surface area contributed by atoms with Crippen molar-refractivity contribution in [1.29, 1.82) is 0 Å². The summed E-state index contributed by atoms with van der Waals surface area (Å²) in [5.41, 5.74) is 3.98. The molecule has 5 rings (SSSR count). The van der Waals surface area contributed by atoms with Crippen LogP contribution in [0, 0.1) is 6.92 Å². The highest BCUT2D eigenvalue weighted by molar-refractivity contribution is 8.00. The lowest BCUT2D eigenvalue weighted by molar-refractivity contribution is -0.131. The van der Waals surface area contributed by atoms with Crippen molar-refractivity contribution >= 4 is 68.4 Å². The molecule has 0 radical (unpaired) electrons. The smallest absolute Gasteiger partial charge is 0.328 e. The number of rotatable bonds is 7. The number of aromatic nitrogens is 1. The molecule has 1 aromatic heterocycles. The Morgan fingerprint density at radius 1 is 1.08 bits per heavy atom. The molecule has 1 saturated heterocycles. The third kappa shape index (κ3) is 5.51. The molecule has 10 heteroatoms. The molecule has 0 saturated carbocycles. The Balaban J connectivity index is 1.28. The number of anilines is 2. The zero-order valence-electron chi connectivity index (χ0n) is 20.1. The largest absolute Gasteiger partial charge is 0.478 e. The molecule has 1 fully saturated rings. The van der Waals surface area contributed by atoms with Gasteiger partial charge in [0.2, 0.25) is 17.7 Å². The first kappa shape index (κ1) is 25.4. The highest BCUT2D eigenvalue weighted by Gasteiger charge is 2.40. The molecule has 2 heterocycles. The number of carbonyl (C=O) groups is 4. The van der Waals surface area contributed by atoms with E-state index >= 15 is 0 Å². The van der Waals surface area contributed by atoms with E-state index in [1.165, 1.54) is 22.2 Å². The van der Waals surface area contributed by atoms with Crippen LogP contribution >= 0.6 is 23.1 Å². The summed E-state index contributed by atoms with van der Waals surface area (Å²) in [4.78, 5) is 55.0. The molecular weight excluding hydrogens is 522 g/mol. The van der Waals surface area contributed by atoms with Gasteiger partial charge in [-0.1, -0.05) is 12.1 Å². The number of fused-ring (bicyclic) bond motifs is 1. The van der Waals surface area contributed by atoms with E-state index in [4.69, 9.17) is 10.1 Å². The molecule has 38 heavy (non-hydrogen) atoms. The van der Waals surface area contributed by atoms with E-state index in [2.05, 4.69) is 11.4 Å². The maximum atomic E-state index is 13.2. The molecule has 3 amide bonds. The first-order chi connectivity index (χ1) is 18.3. The van der Waals surface area contributed by atoms with Gasteiger partial charge in [0, 0.05) is 34.7 Å². The molecule has 190 valence electrons. The minimum absolute atomic E-state index is 0.0560. The second-order valence-corrected chi connectivity index (χ2v) is 10.9. The molecule has 3 aromatic carbocycles. The number of aryl methyl sites for hydroxylation is 1. The summed E-state index contributed by atoms with van der Waals surface area (Å²) >= 11 is 2.84. The molecule has 0 unspecified atom stereocenters. The van der Waals surface area contributed by atoms with E-state index in [9.17, 15) is 19.2 Å². The van der Waals surface area contributed by atoms with Crippen LogP contribution in [-0.4, -0.2) is 39.0 Å². The maximum Gasteiger partial charge on any atom is 0.328 e. The van der Waals surface area contributed by atoms with Crippen LogP contribution in [-0.2, 0) is 19.2 Å². The van der Waals surface area contributed by atoms with Gasteiger partial charge in [0.05, 0.1) is 21.2 Å². The fourth-order valence-electron chi connectivity index (χ4n) is 4.02. The lowest BCUT2D eigenvalue weighted by Crippen LogP contribution is -2.31. The van der Waals surface area contributed by atoms with Gasteiger partial charge in [-0.25, -0.2) is 14.7 Å². The van der Waals surface area contributed by atoms with Gasteiger partial charge in [0.15, 0.2) is 0 Å². The average Bonchev–Trinajstić information content (AvgIpc) is 3.42. The van der Waals surface area contributed by atoms with Gasteiger partial charge in [0.25, 0.3) is 0 Å². The number of amides is 3. The number of nitrogens with one attached hydrogen (secondary N) is 1. The van der Waals surface area contributed by atoms with Gasteiger partial charge < -0.3 is 10.4 Å². The van der Waals surface area contributed by atoms with E-state index in [0.717, 1.165) is 32.9 Å². The maximum absolute atomic E-state index is 13.2. The average molecular weight is 544 g/mol. The summed E-state index contributed by atoms with van der Waals surface area (Å²) in [5.74, 6) is -2.39. The van der Waals surface area contributed by atoms with Crippen molar-refractivity contribution in [3.63, 3.8) is 0 Å². The number of aliphatic carboxylic acids is 1. The van der Waals surface area contributed by atoms with Gasteiger partial charge in [-0.2, -0.15) is 0 Å². The number of thiazole rings is 1. The molecule has 0 spiro atoms. The zero-order chi connectivity index (χ0) is 26.8. The van der Waals surface area contributed by atoms with E-state index in [-0.39, 0.29) is 18.2 Å². The van der Waals surface area contributed by atoms with E-state index in [1.54, 1.807) is 47.7 Å². The number of hydrogen-bond donors (Lipinski definition) is 2. The van der Waals surface area contributed by atoms with Gasteiger partial charge in [-0.15, -0.1) is 23.1 Å². The molecule has 2 N–H and O–H groups in total. The van der Waals surface area contributed by atoms with Crippen LogP contribution in [0.1, 0.15) is 12.0 Å². The van der Waals surface area contributed by atoms with Gasteiger partial charge in [0.1, 0.15) is 5.01 Å². The second kappa shape index (κ2) is 10.6. The van der Waals surface area contributed by atoms with Gasteiger partial charge >= 0.3 is 5.97 Å². The van der Waals surface area contributed by atoms with Crippen LogP contribution in [0.2, 0.25) is 0 Å². The third-order valence-electron chi connectivity index (χ3n) is 5.78.